The van der Waals surface area contributed by atoms with Gasteiger partial charge in [-0.15, -0.1) is 0 Å². The van der Waals surface area contributed by atoms with Gasteiger partial charge < -0.3 is 14.7 Å². The van der Waals surface area contributed by atoms with Crippen molar-refractivity contribution in [3.05, 3.63) is 35.9 Å². The van der Waals surface area contributed by atoms with E-state index in [-0.39, 0.29) is 12.5 Å². The average Bonchev–Trinajstić information content (AvgIpc) is 3.10. The Balaban J connectivity index is 1.98. The molecule has 1 fully saturated rings. The molecule has 2 atom stereocenters. The normalized spacial score (nSPS) is 18.9. The van der Waals surface area contributed by atoms with Crippen LogP contribution in [0.2, 0.25) is 0 Å². The lowest BCUT2D eigenvalue weighted by molar-refractivity contribution is -0.137. The molecule has 6 nitrogen and oxygen atoms in total. The van der Waals surface area contributed by atoms with Crippen LogP contribution in [-0.2, 0) is 16.1 Å². The third-order valence-electron chi connectivity index (χ3n) is 5.14. The van der Waals surface area contributed by atoms with Crippen LogP contribution in [0.1, 0.15) is 64.4 Å². The first-order valence-electron chi connectivity index (χ1n) is 10.5. The second-order valence-corrected chi connectivity index (χ2v) is 7.41. The minimum atomic E-state index is -0.971. The van der Waals surface area contributed by atoms with Crippen molar-refractivity contribution >= 4 is 12.0 Å². The topological polar surface area (TPSA) is 70.1 Å². The number of nitrogens with zero attached hydrogens (tertiary/aromatic N) is 2. The highest BCUT2D eigenvalue weighted by atomic mass is 16.6. The minimum Gasteiger partial charge on any atom is -0.444 e. The van der Waals surface area contributed by atoms with Crippen molar-refractivity contribution < 1.29 is 19.4 Å². The molecule has 2 rings (SSSR count). The Morgan fingerprint density at radius 3 is 2.50 bits per heavy atom. The van der Waals surface area contributed by atoms with Crippen molar-refractivity contribution in [3.8, 4) is 0 Å². The van der Waals surface area contributed by atoms with Gasteiger partial charge >= 0.3 is 6.09 Å². The Labute approximate surface area is 168 Å². The predicted octanol–water partition coefficient (Wildman–Crippen LogP) is 3.92. The summed E-state index contributed by atoms with van der Waals surface area (Å²) >= 11 is 0. The van der Waals surface area contributed by atoms with Gasteiger partial charge in [0.05, 0.1) is 0 Å². The fourth-order valence-electron chi connectivity index (χ4n) is 3.62. The van der Waals surface area contributed by atoms with Crippen LogP contribution in [0, 0.1) is 0 Å². The molecule has 6 heteroatoms. The molecule has 0 saturated carbocycles. The Hall–Kier alpha value is -2.08. The van der Waals surface area contributed by atoms with Crippen LogP contribution >= 0.6 is 0 Å². The van der Waals surface area contributed by atoms with Crippen molar-refractivity contribution in [2.24, 2.45) is 0 Å². The summed E-state index contributed by atoms with van der Waals surface area (Å²) < 4.78 is 5.37. The highest BCUT2D eigenvalue weighted by Crippen LogP contribution is 2.26. The Morgan fingerprint density at radius 2 is 1.82 bits per heavy atom. The summed E-state index contributed by atoms with van der Waals surface area (Å²) in [5.41, 5.74) is 0.871. The third kappa shape index (κ3) is 6.23. The summed E-state index contributed by atoms with van der Waals surface area (Å²) in [5.74, 6) is -0.0773. The van der Waals surface area contributed by atoms with E-state index in [1.54, 1.807) is 0 Å². The smallest absolute Gasteiger partial charge is 0.412 e. The lowest BCUT2D eigenvalue weighted by atomic mass is 10.1. The van der Waals surface area contributed by atoms with Gasteiger partial charge in [-0.3, -0.25) is 9.69 Å². The van der Waals surface area contributed by atoms with Gasteiger partial charge in [-0.1, -0.05) is 63.4 Å². The molecule has 1 aromatic rings. The molecule has 156 valence electrons. The lowest BCUT2D eigenvalue weighted by Crippen LogP contribution is -2.50. The molecular weight excluding hydrogens is 356 g/mol. The van der Waals surface area contributed by atoms with Crippen LogP contribution in [0.25, 0.3) is 0 Å². The van der Waals surface area contributed by atoms with E-state index in [4.69, 9.17) is 4.74 Å². The summed E-state index contributed by atoms with van der Waals surface area (Å²) in [6.45, 7) is 5.70. The highest BCUT2D eigenvalue weighted by molar-refractivity contribution is 5.86. The number of likely N-dealkylation sites (tertiary alicyclic amines) is 1. The SMILES string of the molecule is CCCCCCN(CCC)C(=O)[C@@H]1CCC(O)N1C(=O)OCc1ccccc1. The molecule has 1 heterocycles. The van der Waals surface area contributed by atoms with Gasteiger partial charge in [-0.2, -0.15) is 0 Å². The van der Waals surface area contributed by atoms with E-state index in [0.29, 0.717) is 25.9 Å². The molecule has 28 heavy (non-hydrogen) atoms. The monoisotopic (exact) mass is 390 g/mol. The fraction of sp³-hybridized carbons (Fsp3) is 0.636. The maximum Gasteiger partial charge on any atom is 0.412 e. The van der Waals surface area contributed by atoms with Crippen LogP contribution in [0.4, 0.5) is 4.79 Å². The zero-order valence-corrected chi connectivity index (χ0v) is 17.2. The number of benzene rings is 1. The number of hydrogen-bond donors (Lipinski definition) is 1. The van der Waals surface area contributed by atoms with Crippen molar-refractivity contribution in [1.29, 1.82) is 0 Å². The first kappa shape index (κ1) is 22.2. The van der Waals surface area contributed by atoms with Crippen molar-refractivity contribution in [2.45, 2.75) is 77.7 Å². The van der Waals surface area contributed by atoms with Crippen LogP contribution in [0.15, 0.2) is 30.3 Å². The number of carbonyl (C=O) groups excluding carboxylic acids is 2. The summed E-state index contributed by atoms with van der Waals surface area (Å²) in [6, 6.07) is 8.75. The lowest BCUT2D eigenvalue weighted by Gasteiger charge is -2.31. The number of amides is 2. The maximum absolute atomic E-state index is 13.1. The standard InChI is InChI=1S/C22H34N2O4/c1-3-5-6-10-16-23(15-4-2)21(26)19-13-14-20(25)24(19)22(27)28-17-18-11-8-7-9-12-18/h7-9,11-12,19-20,25H,3-6,10,13-17H2,1-2H3/t19-,20?/m0/s1. The molecule has 0 spiro atoms. The number of carbonyl (C=O) groups is 2. The highest BCUT2D eigenvalue weighted by Gasteiger charge is 2.42. The molecule has 0 aliphatic carbocycles. The Bertz CT molecular complexity index is 608. The van der Waals surface area contributed by atoms with Crippen LogP contribution in [0.5, 0.6) is 0 Å². The van der Waals surface area contributed by atoms with Gasteiger partial charge in [0.2, 0.25) is 5.91 Å². The number of hydrogen-bond acceptors (Lipinski definition) is 4. The van der Waals surface area contributed by atoms with Crippen LogP contribution in [-0.4, -0.2) is 52.3 Å². The molecule has 2 amide bonds. The third-order valence-corrected chi connectivity index (χ3v) is 5.14. The Kier molecular flexibility index (Phi) is 9.28. The van der Waals surface area contributed by atoms with Crippen molar-refractivity contribution in [1.82, 2.24) is 9.80 Å². The van der Waals surface area contributed by atoms with Gasteiger partial charge in [-0.05, 0) is 31.2 Å². The number of aliphatic hydroxyl groups excluding tert-OH is 1. The molecule has 1 aliphatic rings. The maximum atomic E-state index is 13.1. The molecule has 0 bridgehead atoms. The average molecular weight is 391 g/mol. The molecule has 1 N–H and O–H groups in total. The summed E-state index contributed by atoms with van der Waals surface area (Å²) in [5, 5.41) is 10.3. The fourth-order valence-corrected chi connectivity index (χ4v) is 3.62. The summed E-state index contributed by atoms with van der Waals surface area (Å²) in [4.78, 5) is 28.8. The molecule has 1 saturated heterocycles. The Morgan fingerprint density at radius 1 is 1.07 bits per heavy atom. The second-order valence-electron chi connectivity index (χ2n) is 7.41. The van der Waals surface area contributed by atoms with E-state index in [1.807, 2.05) is 42.2 Å². The quantitative estimate of drug-likeness (QED) is 0.615. The van der Waals surface area contributed by atoms with E-state index in [2.05, 4.69) is 6.92 Å². The van der Waals surface area contributed by atoms with Crippen molar-refractivity contribution in [2.75, 3.05) is 13.1 Å². The van der Waals surface area contributed by atoms with Gasteiger partial charge in [0.15, 0.2) is 0 Å². The van der Waals surface area contributed by atoms with Crippen LogP contribution in [0.3, 0.4) is 0 Å². The number of rotatable bonds is 10. The second kappa shape index (κ2) is 11.7. The minimum absolute atomic E-state index is 0.0773. The van der Waals surface area contributed by atoms with Gasteiger partial charge in [0.1, 0.15) is 18.9 Å². The number of ether oxygens (including phenoxy) is 1. The van der Waals surface area contributed by atoms with E-state index < -0.39 is 18.4 Å². The molecule has 1 unspecified atom stereocenters. The van der Waals surface area contributed by atoms with Gasteiger partial charge in [-0.25, -0.2) is 4.79 Å². The number of unbranched alkanes of at least 4 members (excludes halogenated alkanes) is 3. The molecule has 1 aromatic carbocycles. The molecule has 0 radical (unpaired) electrons. The number of aliphatic hydroxyl groups is 1. The van der Waals surface area contributed by atoms with Gasteiger partial charge in [0, 0.05) is 13.1 Å². The molecule has 0 aromatic heterocycles. The zero-order chi connectivity index (χ0) is 20.4. The molecule has 1 aliphatic heterocycles. The van der Waals surface area contributed by atoms with E-state index >= 15 is 0 Å². The van der Waals surface area contributed by atoms with E-state index in [1.165, 1.54) is 4.90 Å². The predicted molar refractivity (Wildman–Crippen MR) is 109 cm³/mol. The van der Waals surface area contributed by atoms with Crippen LogP contribution < -0.4 is 0 Å². The first-order chi connectivity index (χ1) is 13.6. The summed E-state index contributed by atoms with van der Waals surface area (Å²) in [7, 11) is 0. The van der Waals surface area contributed by atoms with Gasteiger partial charge in [0.25, 0.3) is 0 Å². The molecular formula is C22H34N2O4. The van der Waals surface area contributed by atoms with Crippen molar-refractivity contribution in [3.63, 3.8) is 0 Å². The van der Waals surface area contributed by atoms with E-state index in [0.717, 1.165) is 37.7 Å². The largest absolute Gasteiger partial charge is 0.444 e. The first-order valence-corrected chi connectivity index (χ1v) is 10.5. The summed E-state index contributed by atoms with van der Waals surface area (Å²) in [6.07, 6.45) is 4.50. The van der Waals surface area contributed by atoms with E-state index in [9.17, 15) is 14.7 Å². The zero-order valence-electron chi connectivity index (χ0n) is 17.2.